The quantitative estimate of drug-likeness (QED) is 0.356. The number of hydrogen-bond acceptors (Lipinski definition) is 0. The minimum atomic E-state index is 0. The van der Waals surface area contributed by atoms with Crippen LogP contribution >= 0.6 is 0 Å². The molecule has 21 valence electrons. The fourth-order valence-electron chi connectivity index (χ4n) is 0. The van der Waals surface area contributed by atoms with Gasteiger partial charge in [-0.15, -0.1) is 0 Å². The van der Waals surface area contributed by atoms with Crippen molar-refractivity contribution in [2.75, 3.05) is 0 Å². The van der Waals surface area contributed by atoms with Gasteiger partial charge in [0.25, 0.3) is 0 Å². The van der Waals surface area contributed by atoms with E-state index in [1.54, 1.807) is 0 Å². The Kier molecular flexibility index (Phi) is 20.5. The maximum absolute atomic E-state index is 2.14. The molecule has 0 aliphatic heterocycles. The van der Waals surface area contributed by atoms with Gasteiger partial charge < -0.3 is 0 Å². The van der Waals surface area contributed by atoms with Gasteiger partial charge in [-0.1, -0.05) is 13.0 Å². The molecular weight excluding hydrogens is 91.2 g/mol. The van der Waals surface area contributed by atoms with Crippen LogP contribution in [-0.4, -0.2) is 61.6 Å². The van der Waals surface area contributed by atoms with Gasteiger partial charge in [0.2, 0.25) is 0 Å². The van der Waals surface area contributed by atoms with Gasteiger partial charge in [-0.05, 0) is 0 Å². The number of hydrogen-bond donors (Lipinski definition) is 0. The van der Waals surface area contributed by atoms with E-state index in [4.69, 9.17) is 0 Å². The Hall–Kier alpha value is 1.85. The monoisotopic (exact) mass is 99.0 g/mol. The molecule has 2 heteroatoms. The van der Waals surface area contributed by atoms with Gasteiger partial charge in [0.1, 0.15) is 0 Å². The van der Waals surface area contributed by atoms with Crippen LogP contribution in [0.3, 0.4) is 0 Å². The Morgan fingerprint density at radius 1 is 1.75 bits per heavy atom. The average Bonchev–Trinajstić information content (AvgIpc) is 0.918. The van der Waals surface area contributed by atoms with E-state index in [9.17, 15) is 0 Å². The van der Waals surface area contributed by atoms with Crippen molar-refractivity contribution in [1.29, 1.82) is 0 Å². The van der Waals surface area contributed by atoms with Crippen LogP contribution in [0.5, 0.6) is 0 Å². The van der Waals surface area contributed by atoms with Crippen molar-refractivity contribution in [2.24, 2.45) is 0 Å². The van der Waals surface area contributed by atoms with Gasteiger partial charge >= 0.3 is 51.4 Å². The molecule has 0 spiro atoms. The molecule has 0 N–H and O–H groups in total. The van der Waals surface area contributed by atoms with Crippen LogP contribution in [0.15, 0.2) is 0 Å². The molecule has 0 aromatic heterocycles. The zero-order valence-electron chi connectivity index (χ0n) is 2.41. The molecular formula is C2H8KSi. The van der Waals surface area contributed by atoms with Gasteiger partial charge in [-0.2, -0.15) is 0 Å². The molecule has 0 saturated heterocycles. The summed E-state index contributed by atoms with van der Waals surface area (Å²) in [5, 5.41) is 0. The molecule has 0 heterocycles. The van der Waals surface area contributed by atoms with Crippen molar-refractivity contribution in [1.82, 2.24) is 0 Å². The van der Waals surface area contributed by atoms with Gasteiger partial charge in [0.05, 0.1) is 0 Å². The molecule has 0 nitrogen and oxygen atoms in total. The summed E-state index contributed by atoms with van der Waals surface area (Å²) in [6.45, 7) is 2.14. The molecule has 0 amide bonds. The molecule has 0 unspecified atom stereocenters. The molecule has 0 aromatic carbocycles. The molecule has 0 aliphatic carbocycles. The van der Waals surface area contributed by atoms with E-state index in [1.807, 2.05) is 10.2 Å². The van der Waals surface area contributed by atoms with E-state index >= 15 is 0 Å². The first-order valence-corrected chi connectivity index (χ1v) is 2.21. The summed E-state index contributed by atoms with van der Waals surface area (Å²) >= 11 is 0. The molecule has 0 bridgehead atoms. The van der Waals surface area contributed by atoms with E-state index in [1.165, 1.54) is 6.04 Å². The van der Waals surface area contributed by atoms with E-state index in [-0.39, 0.29) is 51.4 Å². The van der Waals surface area contributed by atoms with Gasteiger partial charge in [0, 0.05) is 10.2 Å². The third-order valence-electron chi connectivity index (χ3n) is 0. The standard InChI is InChI=1S/C2H7Si.K.H/c1-2-3;;/h2-3H2,1H3;;. The molecule has 1 radical (unpaired) electrons. The summed E-state index contributed by atoms with van der Waals surface area (Å²) in [6.07, 6.45) is 0. The van der Waals surface area contributed by atoms with Crippen LogP contribution in [0, 0.1) is 0 Å². The van der Waals surface area contributed by atoms with Crippen molar-refractivity contribution < 1.29 is 0 Å². The second kappa shape index (κ2) is 8.85. The van der Waals surface area contributed by atoms with Crippen LogP contribution in [0.25, 0.3) is 0 Å². The summed E-state index contributed by atoms with van der Waals surface area (Å²) in [5.74, 6) is 0. The Balaban J connectivity index is 0. The van der Waals surface area contributed by atoms with Gasteiger partial charge in [-0.25, -0.2) is 0 Å². The van der Waals surface area contributed by atoms with Gasteiger partial charge in [-0.3, -0.25) is 0 Å². The zero-order valence-corrected chi connectivity index (χ0v) is 3.83. The van der Waals surface area contributed by atoms with Gasteiger partial charge in [0.15, 0.2) is 0 Å². The molecule has 0 aliphatic rings. The fraction of sp³-hybridized carbons (Fsp3) is 1.00. The summed E-state index contributed by atoms with van der Waals surface area (Å²) in [4.78, 5) is 0. The van der Waals surface area contributed by atoms with Crippen LogP contribution in [0.2, 0.25) is 6.04 Å². The first-order valence-electron chi connectivity index (χ1n) is 1.21. The third-order valence-corrected chi connectivity index (χ3v) is 0. The molecule has 0 fully saturated rings. The predicted molar refractivity (Wildman–Crippen MR) is 26.2 cm³/mol. The van der Waals surface area contributed by atoms with Crippen molar-refractivity contribution in [3.05, 3.63) is 0 Å². The normalized spacial score (nSPS) is 4.50. The first-order chi connectivity index (χ1) is 1.41. The van der Waals surface area contributed by atoms with E-state index in [0.717, 1.165) is 0 Å². The molecule has 0 rings (SSSR count). The molecule has 4 heavy (non-hydrogen) atoms. The topological polar surface area (TPSA) is 0 Å². The summed E-state index contributed by atoms with van der Waals surface area (Å²) < 4.78 is 0. The molecule has 0 atom stereocenters. The van der Waals surface area contributed by atoms with Crippen molar-refractivity contribution >= 4 is 61.6 Å². The molecule has 0 saturated carbocycles. The summed E-state index contributed by atoms with van der Waals surface area (Å²) in [6, 6.07) is 1.28. The average molecular weight is 99.3 g/mol. The van der Waals surface area contributed by atoms with Crippen LogP contribution in [0.1, 0.15) is 6.92 Å². The second-order valence-electron chi connectivity index (χ2n) is 0.500. The molecule has 0 aromatic rings. The van der Waals surface area contributed by atoms with E-state index in [0.29, 0.717) is 0 Å². The SMILES string of the molecule is CC[SiH2].[KH]. The Morgan fingerprint density at radius 2 is 1.75 bits per heavy atom. The fourth-order valence-corrected chi connectivity index (χ4v) is 0. The Bertz CT molecular complexity index is 6.00. The van der Waals surface area contributed by atoms with Crippen LogP contribution < -0.4 is 0 Å². The minimum absolute atomic E-state index is 0. The van der Waals surface area contributed by atoms with Crippen molar-refractivity contribution in [3.63, 3.8) is 0 Å². The zero-order chi connectivity index (χ0) is 2.71. The summed E-state index contributed by atoms with van der Waals surface area (Å²) in [5.41, 5.74) is 0. The predicted octanol–water partition coefficient (Wildman–Crippen LogP) is -0.591. The third kappa shape index (κ3) is 9.13. The van der Waals surface area contributed by atoms with E-state index < -0.39 is 0 Å². The number of rotatable bonds is 0. The first kappa shape index (κ1) is 9.29. The summed E-state index contributed by atoms with van der Waals surface area (Å²) in [7, 11) is 1.97. The van der Waals surface area contributed by atoms with Crippen LogP contribution in [0.4, 0.5) is 0 Å². The Morgan fingerprint density at radius 3 is 1.75 bits per heavy atom. The van der Waals surface area contributed by atoms with Crippen molar-refractivity contribution in [2.45, 2.75) is 13.0 Å². The van der Waals surface area contributed by atoms with Crippen LogP contribution in [-0.2, 0) is 0 Å². The van der Waals surface area contributed by atoms with E-state index in [2.05, 4.69) is 6.92 Å². The Labute approximate surface area is 73.2 Å². The second-order valence-corrected chi connectivity index (χ2v) is 1.50. The van der Waals surface area contributed by atoms with Crippen molar-refractivity contribution in [3.8, 4) is 0 Å². The maximum atomic E-state index is 2.14.